The summed E-state index contributed by atoms with van der Waals surface area (Å²) in [7, 11) is 0. The van der Waals surface area contributed by atoms with Crippen molar-refractivity contribution >= 4 is 11.3 Å². The highest BCUT2D eigenvalue weighted by Crippen LogP contribution is 2.34. The number of para-hydroxylation sites is 1. The highest BCUT2D eigenvalue weighted by Gasteiger charge is 2.25. The standard InChI is InChI=1S/C21H22N2OS/c1-2-7-18(8-3-1)24-19-9-4-6-17(16-19)21(20-10-5-15-25-20)23-13-11-22-12-14-23/h1-10,15-16,21-22H,11-14H2. The lowest BCUT2D eigenvalue weighted by atomic mass is 10.0. The van der Waals surface area contributed by atoms with Gasteiger partial charge in [0.25, 0.3) is 0 Å². The zero-order chi connectivity index (χ0) is 16.9. The predicted octanol–water partition coefficient (Wildman–Crippen LogP) is 4.54. The predicted molar refractivity (Wildman–Crippen MR) is 104 cm³/mol. The van der Waals surface area contributed by atoms with Crippen molar-refractivity contribution in [2.45, 2.75) is 6.04 Å². The molecule has 1 N–H and O–H groups in total. The van der Waals surface area contributed by atoms with Gasteiger partial charge < -0.3 is 10.1 Å². The molecule has 0 amide bonds. The molecule has 1 aliphatic heterocycles. The molecule has 1 aliphatic rings. The van der Waals surface area contributed by atoms with Gasteiger partial charge in [-0.2, -0.15) is 0 Å². The van der Waals surface area contributed by atoms with E-state index in [1.165, 1.54) is 10.4 Å². The molecule has 0 radical (unpaired) electrons. The van der Waals surface area contributed by atoms with Crippen molar-refractivity contribution in [3.63, 3.8) is 0 Å². The molecule has 0 spiro atoms. The lowest BCUT2D eigenvalue weighted by Gasteiger charge is -2.34. The fraction of sp³-hybridized carbons (Fsp3) is 0.238. The summed E-state index contributed by atoms with van der Waals surface area (Å²) in [5, 5.41) is 5.61. The number of ether oxygens (including phenoxy) is 1. The van der Waals surface area contributed by atoms with E-state index in [9.17, 15) is 0 Å². The van der Waals surface area contributed by atoms with Gasteiger partial charge in [-0.3, -0.25) is 4.90 Å². The van der Waals surface area contributed by atoms with Crippen molar-refractivity contribution in [1.29, 1.82) is 0 Å². The number of piperazine rings is 1. The minimum Gasteiger partial charge on any atom is -0.457 e. The van der Waals surface area contributed by atoms with Crippen LogP contribution >= 0.6 is 11.3 Å². The summed E-state index contributed by atoms with van der Waals surface area (Å²) in [5.41, 5.74) is 1.29. The normalized spacial score (nSPS) is 16.5. The highest BCUT2D eigenvalue weighted by molar-refractivity contribution is 7.10. The maximum Gasteiger partial charge on any atom is 0.127 e. The molecule has 4 heteroatoms. The number of thiophene rings is 1. The van der Waals surface area contributed by atoms with Gasteiger partial charge in [-0.1, -0.05) is 36.4 Å². The van der Waals surface area contributed by atoms with Crippen LogP contribution in [0.4, 0.5) is 0 Å². The molecule has 1 fully saturated rings. The minimum atomic E-state index is 0.293. The monoisotopic (exact) mass is 350 g/mol. The highest BCUT2D eigenvalue weighted by atomic mass is 32.1. The summed E-state index contributed by atoms with van der Waals surface area (Å²) in [4.78, 5) is 3.95. The van der Waals surface area contributed by atoms with Crippen molar-refractivity contribution in [2.75, 3.05) is 26.2 Å². The van der Waals surface area contributed by atoms with Crippen molar-refractivity contribution in [2.24, 2.45) is 0 Å². The van der Waals surface area contributed by atoms with Crippen LogP contribution in [0.3, 0.4) is 0 Å². The molecular weight excluding hydrogens is 328 g/mol. The van der Waals surface area contributed by atoms with Crippen LogP contribution in [0, 0.1) is 0 Å². The van der Waals surface area contributed by atoms with E-state index in [2.05, 4.69) is 45.9 Å². The molecule has 0 saturated carbocycles. The molecular formula is C21H22N2OS. The van der Waals surface area contributed by atoms with Gasteiger partial charge in [-0.05, 0) is 41.3 Å². The van der Waals surface area contributed by atoms with Gasteiger partial charge in [0.2, 0.25) is 0 Å². The number of hydrogen-bond donors (Lipinski definition) is 1. The maximum atomic E-state index is 6.05. The SMILES string of the molecule is c1ccc(Oc2cccc(C(c3cccs3)N3CCNCC3)c2)cc1. The van der Waals surface area contributed by atoms with Crippen LogP contribution < -0.4 is 10.1 Å². The second-order valence-electron chi connectivity index (χ2n) is 6.19. The summed E-state index contributed by atoms with van der Waals surface area (Å²) in [6.45, 7) is 4.21. The molecule has 1 unspecified atom stereocenters. The molecule has 1 atom stereocenters. The molecule has 128 valence electrons. The van der Waals surface area contributed by atoms with E-state index < -0.39 is 0 Å². The number of nitrogens with zero attached hydrogens (tertiary/aromatic N) is 1. The average Bonchev–Trinajstić information content (AvgIpc) is 3.18. The Morgan fingerprint density at radius 3 is 2.44 bits per heavy atom. The third kappa shape index (κ3) is 3.93. The maximum absolute atomic E-state index is 6.05. The molecule has 25 heavy (non-hydrogen) atoms. The smallest absolute Gasteiger partial charge is 0.127 e. The van der Waals surface area contributed by atoms with Crippen molar-refractivity contribution < 1.29 is 4.74 Å². The largest absolute Gasteiger partial charge is 0.457 e. The van der Waals surface area contributed by atoms with Crippen LogP contribution in [0.1, 0.15) is 16.5 Å². The number of benzene rings is 2. The lowest BCUT2D eigenvalue weighted by molar-refractivity contribution is 0.200. The van der Waals surface area contributed by atoms with Crippen molar-refractivity contribution in [3.05, 3.63) is 82.6 Å². The van der Waals surface area contributed by atoms with E-state index in [0.29, 0.717) is 6.04 Å². The van der Waals surface area contributed by atoms with Gasteiger partial charge >= 0.3 is 0 Å². The molecule has 2 aromatic carbocycles. The van der Waals surface area contributed by atoms with Crippen LogP contribution in [0.25, 0.3) is 0 Å². The average molecular weight is 350 g/mol. The molecule has 1 saturated heterocycles. The zero-order valence-corrected chi connectivity index (χ0v) is 14.9. The summed E-state index contributed by atoms with van der Waals surface area (Å²) in [6.07, 6.45) is 0. The number of hydrogen-bond acceptors (Lipinski definition) is 4. The van der Waals surface area contributed by atoms with Crippen LogP contribution in [0.2, 0.25) is 0 Å². The van der Waals surface area contributed by atoms with Crippen LogP contribution in [-0.4, -0.2) is 31.1 Å². The number of nitrogens with one attached hydrogen (secondary N) is 1. The quantitative estimate of drug-likeness (QED) is 0.731. The van der Waals surface area contributed by atoms with E-state index in [1.807, 2.05) is 47.7 Å². The zero-order valence-electron chi connectivity index (χ0n) is 14.1. The fourth-order valence-corrected chi connectivity index (χ4v) is 4.20. The second-order valence-corrected chi connectivity index (χ2v) is 7.17. The van der Waals surface area contributed by atoms with Gasteiger partial charge in [0.15, 0.2) is 0 Å². The Kier molecular flexibility index (Phi) is 5.11. The van der Waals surface area contributed by atoms with Crippen LogP contribution in [0.15, 0.2) is 72.1 Å². The van der Waals surface area contributed by atoms with Crippen LogP contribution in [-0.2, 0) is 0 Å². The molecule has 2 heterocycles. The Morgan fingerprint density at radius 2 is 1.68 bits per heavy atom. The topological polar surface area (TPSA) is 24.5 Å². The first-order valence-electron chi connectivity index (χ1n) is 8.71. The molecule has 4 rings (SSSR count). The van der Waals surface area contributed by atoms with E-state index in [4.69, 9.17) is 4.74 Å². The van der Waals surface area contributed by atoms with Crippen molar-refractivity contribution in [1.82, 2.24) is 10.2 Å². The first kappa shape index (κ1) is 16.3. The Balaban J connectivity index is 1.64. The first-order valence-corrected chi connectivity index (χ1v) is 9.59. The third-order valence-electron chi connectivity index (χ3n) is 4.48. The lowest BCUT2D eigenvalue weighted by Crippen LogP contribution is -2.45. The minimum absolute atomic E-state index is 0.293. The third-order valence-corrected chi connectivity index (χ3v) is 5.41. The fourth-order valence-electron chi connectivity index (χ4n) is 3.31. The van der Waals surface area contributed by atoms with Gasteiger partial charge in [-0.25, -0.2) is 0 Å². The first-order chi connectivity index (χ1) is 12.4. The molecule has 3 nitrogen and oxygen atoms in total. The summed E-state index contributed by atoms with van der Waals surface area (Å²) < 4.78 is 6.05. The van der Waals surface area contributed by atoms with E-state index in [0.717, 1.165) is 37.7 Å². The summed E-state index contributed by atoms with van der Waals surface area (Å²) >= 11 is 1.83. The summed E-state index contributed by atoms with van der Waals surface area (Å²) in [5.74, 6) is 1.76. The molecule has 1 aromatic heterocycles. The summed E-state index contributed by atoms with van der Waals surface area (Å²) in [6, 6.07) is 23.1. The Labute approximate surface area is 152 Å². The Morgan fingerprint density at radius 1 is 0.880 bits per heavy atom. The molecule has 0 aliphatic carbocycles. The van der Waals surface area contributed by atoms with Crippen molar-refractivity contribution in [3.8, 4) is 11.5 Å². The van der Waals surface area contributed by atoms with E-state index in [-0.39, 0.29) is 0 Å². The van der Waals surface area contributed by atoms with Gasteiger partial charge in [0.05, 0.1) is 6.04 Å². The van der Waals surface area contributed by atoms with Gasteiger partial charge in [-0.15, -0.1) is 11.3 Å². The van der Waals surface area contributed by atoms with Crippen LogP contribution in [0.5, 0.6) is 11.5 Å². The van der Waals surface area contributed by atoms with Gasteiger partial charge in [0, 0.05) is 31.1 Å². The Hall–Kier alpha value is -2.14. The Bertz CT molecular complexity index is 783. The van der Waals surface area contributed by atoms with E-state index in [1.54, 1.807) is 0 Å². The van der Waals surface area contributed by atoms with E-state index >= 15 is 0 Å². The molecule has 3 aromatic rings. The number of rotatable bonds is 5. The molecule has 0 bridgehead atoms. The van der Waals surface area contributed by atoms with Gasteiger partial charge in [0.1, 0.15) is 11.5 Å². The second kappa shape index (κ2) is 7.83.